The van der Waals surface area contributed by atoms with Gasteiger partial charge < -0.3 is 15.8 Å². The second-order valence-electron chi connectivity index (χ2n) is 4.19. The summed E-state index contributed by atoms with van der Waals surface area (Å²) in [5.74, 6) is 1.45. The first-order valence-corrected chi connectivity index (χ1v) is 6.02. The van der Waals surface area contributed by atoms with Crippen LogP contribution in [0, 0.1) is 5.92 Å². The van der Waals surface area contributed by atoms with E-state index in [0.29, 0.717) is 16.6 Å². The summed E-state index contributed by atoms with van der Waals surface area (Å²) in [6.07, 6.45) is 2.37. The van der Waals surface area contributed by atoms with Gasteiger partial charge in [-0.1, -0.05) is 11.6 Å². The quantitative estimate of drug-likeness (QED) is 0.797. The first-order chi connectivity index (χ1) is 7.75. The summed E-state index contributed by atoms with van der Waals surface area (Å²) in [6, 6.07) is 5.42. The Labute approximate surface area is 101 Å². The fourth-order valence-corrected chi connectivity index (χ4v) is 2.03. The van der Waals surface area contributed by atoms with E-state index in [0.717, 1.165) is 25.4 Å². The fraction of sp³-hybridized carbons (Fsp3) is 0.500. The van der Waals surface area contributed by atoms with Gasteiger partial charge in [0.25, 0.3) is 0 Å². The SMILES string of the molecule is Nc1ccc(OCC2CCNCC2)cc1Cl. The maximum atomic E-state index is 5.92. The molecule has 1 aromatic rings. The molecule has 0 unspecified atom stereocenters. The van der Waals surface area contributed by atoms with Crippen LogP contribution >= 0.6 is 11.6 Å². The minimum Gasteiger partial charge on any atom is -0.493 e. The molecule has 0 amide bonds. The van der Waals surface area contributed by atoms with Crippen molar-refractivity contribution in [2.45, 2.75) is 12.8 Å². The van der Waals surface area contributed by atoms with Crippen LogP contribution in [-0.4, -0.2) is 19.7 Å². The van der Waals surface area contributed by atoms with E-state index in [2.05, 4.69) is 5.32 Å². The van der Waals surface area contributed by atoms with Crippen molar-refractivity contribution in [2.24, 2.45) is 5.92 Å². The zero-order valence-corrected chi connectivity index (χ0v) is 9.96. The second-order valence-corrected chi connectivity index (χ2v) is 4.59. The molecule has 0 radical (unpaired) electrons. The Morgan fingerprint density at radius 2 is 2.12 bits per heavy atom. The standard InChI is InChI=1S/C12H17ClN2O/c13-11-7-10(1-2-12(11)14)16-8-9-3-5-15-6-4-9/h1-2,7,9,15H,3-6,8,14H2. The third kappa shape index (κ3) is 3.03. The van der Waals surface area contributed by atoms with Crippen LogP contribution in [0.5, 0.6) is 5.75 Å². The lowest BCUT2D eigenvalue weighted by molar-refractivity contribution is 0.215. The van der Waals surface area contributed by atoms with E-state index >= 15 is 0 Å². The molecule has 88 valence electrons. The van der Waals surface area contributed by atoms with Crippen molar-refractivity contribution in [3.8, 4) is 5.75 Å². The van der Waals surface area contributed by atoms with Gasteiger partial charge in [-0.25, -0.2) is 0 Å². The fourth-order valence-electron chi connectivity index (χ4n) is 1.86. The Morgan fingerprint density at radius 3 is 2.81 bits per heavy atom. The van der Waals surface area contributed by atoms with Gasteiger partial charge >= 0.3 is 0 Å². The van der Waals surface area contributed by atoms with E-state index in [9.17, 15) is 0 Å². The van der Waals surface area contributed by atoms with Crippen molar-refractivity contribution in [1.29, 1.82) is 0 Å². The largest absolute Gasteiger partial charge is 0.493 e. The minimum absolute atomic E-state index is 0.558. The highest BCUT2D eigenvalue weighted by Gasteiger charge is 2.13. The van der Waals surface area contributed by atoms with Crippen molar-refractivity contribution in [1.82, 2.24) is 5.32 Å². The van der Waals surface area contributed by atoms with Crippen LogP contribution in [0.3, 0.4) is 0 Å². The smallest absolute Gasteiger partial charge is 0.120 e. The molecule has 1 aromatic carbocycles. The molecule has 1 heterocycles. The molecule has 3 N–H and O–H groups in total. The van der Waals surface area contributed by atoms with E-state index in [1.807, 2.05) is 6.07 Å². The summed E-state index contributed by atoms with van der Waals surface area (Å²) < 4.78 is 5.71. The molecule has 0 aliphatic carbocycles. The molecule has 1 aliphatic rings. The Morgan fingerprint density at radius 1 is 1.38 bits per heavy atom. The van der Waals surface area contributed by atoms with E-state index in [1.165, 1.54) is 12.8 Å². The topological polar surface area (TPSA) is 47.3 Å². The highest BCUT2D eigenvalue weighted by Crippen LogP contribution is 2.25. The Kier molecular flexibility index (Phi) is 3.91. The Balaban J connectivity index is 1.86. The van der Waals surface area contributed by atoms with Gasteiger partial charge in [0.05, 0.1) is 17.3 Å². The van der Waals surface area contributed by atoms with E-state index in [4.69, 9.17) is 22.1 Å². The van der Waals surface area contributed by atoms with Crippen LogP contribution in [-0.2, 0) is 0 Å². The van der Waals surface area contributed by atoms with Crippen molar-refractivity contribution < 1.29 is 4.74 Å². The number of benzene rings is 1. The number of ether oxygens (including phenoxy) is 1. The number of hydrogen-bond acceptors (Lipinski definition) is 3. The van der Waals surface area contributed by atoms with Crippen LogP contribution < -0.4 is 15.8 Å². The van der Waals surface area contributed by atoms with E-state index < -0.39 is 0 Å². The summed E-state index contributed by atoms with van der Waals surface area (Å²) in [4.78, 5) is 0. The van der Waals surface area contributed by atoms with E-state index in [1.54, 1.807) is 12.1 Å². The summed E-state index contributed by atoms with van der Waals surface area (Å²) >= 11 is 5.92. The molecule has 3 nitrogen and oxygen atoms in total. The molecule has 1 aliphatic heterocycles. The third-order valence-electron chi connectivity index (χ3n) is 2.92. The summed E-state index contributed by atoms with van der Waals surface area (Å²) in [5, 5.41) is 3.89. The van der Waals surface area contributed by atoms with Crippen molar-refractivity contribution in [3.05, 3.63) is 23.2 Å². The summed E-state index contributed by atoms with van der Waals surface area (Å²) in [6.45, 7) is 2.95. The van der Waals surface area contributed by atoms with Gasteiger partial charge in [0, 0.05) is 6.07 Å². The van der Waals surface area contributed by atoms with Crippen LogP contribution in [0.1, 0.15) is 12.8 Å². The first kappa shape index (κ1) is 11.6. The second kappa shape index (κ2) is 5.41. The number of nitrogens with two attached hydrogens (primary N) is 1. The predicted octanol–water partition coefficient (Wildman–Crippen LogP) is 2.30. The van der Waals surface area contributed by atoms with Crippen LogP contribution in [0.15, 0.2) is 18.2 Å². The average molecular weight is 241 g/mol. The number of rotatable bonds is 3. The summed E-state index contributed by atoms with van der Waals surface area (Å²) in [5.41, 5.74) is 6.23. The number of hydrogen-bond donors (Lipinski definition) is 2. The molecular formula is C12H17ClN2O. The maximum Gasteiger partial charge on any atom is 0.120 e. The number of nitrogen functional groups attached to an aromatic ring is 1. The number of nitrogens with one attached hydrogen (secondary N) is 1. The first-order valence-electron chi connectivity index (χ1n) is 5.64. The molecule has 1 saturated heterocycles. The lowest BCUT2D eigenvalue weighted by Crippen LogP contribution is -2.30. The maximum absolute atomic E-state index is 5.92. The van der Waals surface area contributed by atoms with Gasteiger partial charge in [0.1, 0.15) is 5.75 Å². The Bertz CT molecular complexity index is 351. The van der Waals surface area contributed by atoms with Crippen LogP contribution in [0.4, 0.5) is 5.69 Å². The zero-order chi connectivity index (χ0) is 11.4. The zero-order valence-electron chi connectivity index (χ0n) is 9.21. The highest BCUT2D eigenvalue weighted by atomic mass is 35.5. The predicted molar refractivity (Wildman–Crippen MR) is 67.0 cm³/mol. The van der Waals surface area contributed by atoms with Crippen LogP contribution in [0.2, 0.25) is 5.02 Å². The molecule has 4 heteroatoms. The highest BCUT2D eigenvalue weighted by molar-refractivity contribution is 6.33. The molecule has 0 atom stereocenters. The molecule has 0 saturated carbocycles. The minimum atomic E-state index is 0.558. The van der Waals surface area contributed by atoms with Gasteiger partial charge in [-0.15, -0.1) is 0 Å². The molecule has 2 rings (SSSR count). The van der Waals surface area contributed by atoms with Gasteiger partial charge in [-0.2, -0.15) is 0 Å². The molecule has 0 spiro atoms. The third-order valence-corrected chi connectivity index (χ3v) is 3.24. The average Bonchev–Trinajstić information content (AvgIpc) is 2.32. The van der Waals surface area contributed by atoms with Crippen molar-refractivity contribution in [3.63, 3.8) is 0 Å². The lowest BCUT2D eigenvalue weighted by Gasteiger charge is -2.22. The van der Waals surface area contributed by atoms with Gasteiger partial charge in [0.15, 0.2) is 0 Å². The molecule has 1 fully saturated rings. The summed E-state index contributed by atoms with van der Waals surface area (Å²) in [7, 11) is 0. The lowest BCUT2D eigenvalue weighted by atomic mass is 9.99. The number of halogens is 1. The molecule has 16 heavy (non-hydrogen) atoms. The number of piperidine rings is 1. The molecule has 0 aromatic heterocycles. The Hall–Kier alpha value is -0.930. The van der Waals surface area contributed by atoms with Crippen molar-refractivity contribution in [2.75, 3.05) is 25.4 Å². The number of anilines is 1. The molecule has 0 bridgehead atoms. The van der Waals surface area contributed by atoms with E-state index in [-0.39, 0.29) is 0 Å². The van der Waals surface area contributed by atoms with Gasteiger partial charge in [0.2, 0.25) is 0 Å². The monoisotopic (exact) mass is 240 g/mol. The normalized spacial score (nSPS) is 17.3. The van der Waals surface area contributed by atoms with Crippen molar-refractivity contribution >= 4 is 17.3 Å². The van der Waals surface area contributed by atoms with Gasteiger partial charge in [-0.3, -0.25) is 0 Å². The van der Waals surface area contributed by atoms with Gasteiger partial charge in [-0.05, 0) is 44.0 Å². The molecular weight excluding hydrogens is 224 g/mol. The van der Waals surface area contributed by atoms with Crippen LogP contribution in [0.25, 0.3) is 0 Å².